The Labute approximate surface area is 423 Å². The van der Waals surface area contributed by atoms with E-state index in [1.807, 2.05) is 86.3 Å². The first kappa shape index (κ1) is 58.8. The second kappa shape index (κ2) is 29.7. The normalized spacial score (nSPS) is 18.2. The van der Waals surface area contributed by atoms with E-state index in [0.717, 1.165) is 36.0 Å². The summed E-state index contributed by atoms with van der Waals surface area (Å²) in [5, 5.41) is 49.7. The van der Waals surface area contributed by atoms with Gasteiger partial charge in [0, 0.05) is 44.7 Å². The molecule has 2 aliphatic rings. The molecule has 2 fully saturated rings. The van der Waals surface area contributed by atoms with E-state index in [9.17, 15) is 43.8 Å². The molecule has 72 heavy (non-hydrogen) atoms. The van der Waals surface area contributed by atoms with Crippen molar-refractivity contribution in [2.75, 3.05) is 46.6 Å². The van der Waals surface area contributed by atoms with E-state index >= 15 is 0 Å². The number of rotatable bonds is 34. The zero-order valence-electron chi connectivity index (χ0n) is 42.5. The van der Waals surface area contributed by atoms with Crippen LogP contribution in [0.15, 0.2) is 72.8 Å². The van der Waals surface area contributed by atoms with Crippen LogP contribution in [-0.4, -0.2) is 151 Å². The molecule has 1 aliphatic carbocycles. The second-order valence-electron chi connectivity index (χ2n) is 19.3. The molecule has 2 aromatic carbocycles. The molecule has 1 aliphatic heterocycles. The van der Waals surface area contributed by atoms with E-state index in [1.165, 1.54) is 0 Å². The third-order valence-corrected chi connectivity index (χ3v) is 13.4. The predicted octanol–water partition coefficient (Wildman–Crippen LogP) is 2.13. The van der Waals surface area contributed by atoms with E-state index < -0.39 is 77.9 Å². The second-order valence-corrected chi connectivity index (χ2v) is 19.3. The molecule has 398 valence electrons. The van der Waals surface area contributed by atoms with Crippen LogP contribution < -0.4 is 37.2 Å². The van der Waals surface area contributed by atoms with Gasteiger partial charge in [-0.2, -0.15) is 0 Å². The van der Waals surface area contributed by atoms with Gasteiger partial charge in [-0.25, -0.2) is 0 Å². The molecule has 1 saturated carbocycles. The first-order chi connectivity index (χ1) is 34.3. The SMILES string of the molecule is C=C(CC)C[C@@H](CC(=O)N1CCC[C@H]1CC(C)C(=O)N[C@H](C)[C@@H](OCNC(=O)CNC(O)[C@H](Cc1ccccc1)NC(C)CNC(=O)CNC(=O)C1(CN[C@@H](CC(=O)O)C(=O)O)CC1)c1ccccc1)OC. The lowest BCUT2D eigenvalue weighted by Gasteiger charge is -2.30. The van der Waals surface area contributed by atoms with Gasteiger partial charge in [0.25, 0.3) is 0 Å². The van der Waals surface area contributed by atoms with E-state index in [0.29, 0.717) is 38.6 Å². The van der Waals surface area contributed by atoms with E-state index in [-0.39, 0.29) is 69.3 Å². The fourth-order valence-corrected chi connectivity index (χ4v) is 8.78. The summed E-state index contributed by atoms with van der Waals surface area (Å²) in [6.07, 6.45) is 2.45. The Kier molecular flexibility index (Phi) is 24.2. The minimum Gasteiger partial charge on any atom is -0.481 e. The smallest absolute Gasteiger partial charge is 0.321 e. The molecular weight excluding hydrogens is 929 g/mol. The number of methoxy groups -OCH3 is 1. The van der Waals surface area contributed by atoms with E-state index in [4.69, 9.17) is 14.6 Å². The number of hydrogen-bond donors (Lipinski definition) is 10. The molecule has 20 heteroatoms. The number of carbonyl (C=O) groups is 7. The van der Waals surface area contributed by atoms with Crippen molar-refractivity contribution in [1.29, 1.82) is 0 Å². The Morgan fingerprint density at radius 3 is 2.15 bits per heavy atom. The Morgan fingerprint density at radius 2 is 1.53 bits per heavy atom. The van der Waals surface area contributed by atoms with Crippen LogP contribution in [0.2, 0.25) is 0 Å². The molecule has 0 bridgehead atoms. The number of amides is 5. The highest BCUT2D eigenvalue weighted by molar-refractivity contribution is 5.90. The molecule has 1 heterocycles. The number of likely N-dealkylation sites (tertiary alicyclic amines) is 1. The summed E-state index contributed by atoms with van der Waals surface area (Å²) in [6, 6.07) is 15.9. The summed E-state index contributed by atoms with van der Waals surface area (Å²) >= 11 is 0. The van der Waals surface area contributed by atoms with Gasteiger partial charge in [0.1, 0.15) is 25.1 Å². The minimum absolute atomic E-state index is 0.0197. The zero-order valence-corrected chi connectivity index (χ0v) is 42.5. The molecule has 0 radical (unpaired) electrons. The van der Waals surface area contributed by atoms with Crippen LogP contribution >= 0.6 is 0 Å². The summed E-state index contributed by atoms with van der Waals surface area (Å²) in [4.78, 5) is 90.2. The van der Waals surface area contributed by atoms with Gasteiger partial charge in [0.2, 0.25) is 29.5 Å². The molecule has 10 N–H and O–H groups in total. The number of ether oxygens (including phenoxy) is 2. The largest absolute Gasteiger partial charge is 0.481 e. The molecular formula is C52H78N8O12. The Bertz CT molecular complexity index is 2090. The van der Waals surface area contributed by atoms with Crippen molar-refractivity contribution in [3.8, 4) is 0 Å². The number of hydrogen-bond acceptors (Lipinski definition) is 13. The maximum Gasteiger partial charge on any atom is 0.321 e. The van der Waals surface area contributed by atoms with E-state index in [2.05, 4.69) is 43.8 Å². The van der Waals surface area contributed by atoms with Gasteiger partial charge in [0.05, 0.1) is 49.5 Å². The lowest BCUT2D eigenvalue weighted by molar-refractivity contribution is -0.146. The molecule has 3 unspecified atom stereocenters. The zero-order chi connectivity index (χ0) is 52.8. The van der Waals surface area contributed by atoms with Crippen molar-refractivity contribution >= 4 is 41.5 Å². The first-order valence-corrected chi connectivity index (χ1v) is 25.0. The highest BCUT2D eigenvalue weighted by atomic mass is 16.5. The van der Waals surface area contributed by atoms with Crippen molar-refractivity contribution in [3.05, 3.63) is 83.9 Å². The average Bonchev–Trinajstić information content (AvgIpc) is 4.02. The lowest BCUT2D eigenvalue weighted by Crippen LogP contribution is -2.55. The fourth-order valence-electron chi connectivity index (χ4n) is 8.78. The molecule has 1 saturated heterocycles. The Balaban J connectivity index is 1.24. The number of carboxylic acids is 2. The summed E-state index contributed by atoms with van der Waals surface area (Å²) < 4.78 is 11.8. The quantitative estimate of drug-likeness (QED) is 0.0355. The molecule has 5 amide bonds. The van der Waals surface area contributed by atoms with Crippen LogP contribution in [0, 0.1) is 11.3 Å². The molecule has 20 nitrogen and oxygen atoms in total. The number of nitrogens with zero attached hydrogens (tertiary/aromatic N) is 1. The Morgan fingerprint density at radius 1 is 0.861 bits per heavy atom. The van der Waals surface area contributed by atoms with E-state index in [1.54, 1.807) is 14.0 Å². The molecule has 9 atom stereocenters. The first-order valence-electron chi connectivity index (χ1n) is 25.0. The summed E-state index contributed by atoms with van der Waals surface area (Å²) in [7, 11) is 1.61. The number of aliphatic hydroxyl groups is 1. The monoisotopic (exact) mass is 1010 g/mol. The molecule has 4 rings (SSSR count). The van der Waals surface area contributed by atoms with Crippen LogP contribution in [0.1, 0.15) is 103 Å². The average molecular weight is 1010 g/mol. The van der Waals surface area contributed by atoms with Crippen molar-refractivity contribution in [1.82, 2.24) is 42.1 Å². The van der Waals surface area contributed by atoms with Crippen LogP contribution in [0.5, 0.6) is 0 Å². The highest BCUT2D eigenvalue weighted by Crippen LogP contribution is 2.45. The highest BCUT2D eigenvalue weighted by Gasteiger charge is 2.50. The van der Waals surface area contributed by atoms with Gasteiger partial charge in [-0.3, -0.25) is 38.9 Å². The molecule has 2 aromatic rings. The van der Waals surface area contributed by atoms with Crippen molar-refractivity contribution in [2.45, 2.75) is 141 Å². The van der Waals surface area contributed by atoms with Crippen LogP contribution in [0.25, 0.3) is 0 Å². The van der Waals surface area contributed by atoms with Gasteiger partial charge in [-0.15, -0.1) is 0 Å². The third-order valence-electron chi connectivity index (χ3n) is 13.4. The van der Waals surface area contributed by atoms with Gasteiger partial charge in [0.15, 0.2) is 0 Å². The van der Waals surface area contributed by atoms with Crippen molar-refractivity contribution in [2.24, 2.45) is 11.3 Å². The van der Waals surface area contributed by atoms with Crippen molar-refractivity contribution in [3.63, 3.8) is 0 Å². The Hall–Kier alpha value is -5.77. The maximum atomic E-state index is 13.7. The summed E-state index contributed by atoms with van der Waals surface area (Å²) in [5.41, 5.74) is 1.81. The summed E-state index contributed by atoms with van der Waals surface area (Å²) in [5.74, 6) is -4.55. The number of benzene rings is 2. The number of nitrogens with one attached hydrogen (secondary N) is 7. The third kappa shape index (κ3) is 19.7. The predicted molar refractivity (Wildman–Crippen MR) is 269 cm³/mol. The summed E-state index contributed by atoms with van der Waals surface area (Å²) in [6.45, 7) is 11.5. The standard InChI is InChI=1S/C52H78N8O12/c1-7-33(2)23-40(71-6)26-45(63)60-22-14-19-39(60)24-34(3)48(66)59-36(5)47(38-17-12-9-13-18-38)72-32-57-44(62)29-54-49(67)41(25-37-15-10-8-11-16-37)58-35(4)28-53-43(61)30-55-51(70)52(20-21-52)31-56-42(50(68)69)27-46(64)65/h8-13,15-18,34-36,39-42,47,49,54,56,58,67H,2,7,14,19-32H2,1,3-6H3,(H,53,61)(H,55,70)(H,57,62)(H,59,66)(H,64,65)(H,68,69)/t34?,35?,36-,39+,40+,41+,42+,47-,49?/m1/s1. The van der Waals surface area contributed by atoms with Crippen LogP contribution in [0.4, 0.5) is 0 Å². The van der Waals surface area contributed by atoms with Crippen LogP contribution in [0.3, 0.4) is 0 Å². The maximum absolute atomic E-state index is 13.7. The van der Waals surface area contributed by atoms with Gasteiger partial charge in [-0.1, -0.05) is 86.7 Å². The van der Waals surface area contributed by atoms with Crippen molar-refractivity contribution < 1.29 is 58.4 Å². The number of aliphatic hydroxyl groups excluding tert-OH is 1. The van der Waals surface area contributed by atoms with Gasteiger partial charge in [-0.05, 0) is 76.3 Å². The number of carboxylic acid groups (broad SMARTS) is 2. The van der Waals surface area contributed by atoms with Gasteiger partial charge < -0.3 is 61.6 Å². The lowest BCUT2D eigenvalue weighted by atomic mass is 9.97. The number of carbonyl (C=O) groups excluding carboxylic acids is 5. The molecule has 0 spiro atoms. The fraction of sp³-hybridized carbons (Fsp3) is 0.596. The topological polar surface area (TPSA) is 286 Å². The minimum atomic E-state index is -1.36. The number of aliphatic carboxylic acids is 2. The van der Waals surface area contributed by atoms with Crippen LogP contribution in [-0.2, 0) is 49.5 Å². The van der Waals surface area contributed by atoms with Gasteiger partial charge >= 0.3 is 11.9 Å². The molecule has 0 aromatic heterocycles.